The second kappa shape index (κ2) is 41.2. The smallest absolute Gasteiger partial charge is 0.217 e. The van der Waals surface area contributed by atoms with Crippen molar-refractivity contribution in [2.45, 2.75) is 133 Å². The Morgan fingerprint density at radius 3 is 0.811 bits per heavy atom. The Balaban J connectivity index is 0. The lowest BCUT2D eigenvalue weighted by Crippen LogP contribution is -2.56. The van der Waals surface area contributed by atoms with E-state index in [2.05, 4.69) is 22.1 Å². The summed E-state index contributed by atoms with van der Waals surface area (Å²) in [6.45, 7) is 27.2. The summed E-state index contributed by atoms with van der Waals surface area (Å²) < 4.78 is 111. The third-order valence-electron chi connectivity index (χ3n) is 12.4. The summed E-state index contributed by atoms with van der Waals surface area (Å²) in [7, 11) is -12.2. The molecule has 0 saturated heterocycles. The van der Waals surface area contributed by atoms with Crippen molar-refractivity contribution in [3.05, 3.63) is 117 Å². The minimum atomic E-state index is -3.07. The van der Waals surface area contributed by atoms with Crippen LogP contribution in [0.2, 0.25) is 0 Å². The molecule has 0 radical (unpaired) electrons. The highest BCUT2D eigenvalue weighted by atomic mass is 32.2. The Labute approximate surface area is 535 Å². The summed E-state index contributed by atoms with van der Waals surface area (Å²) in [5, 5.41) is 25.3. The number of carboxylic acid groups (broad SMARTS) is 2. The summed E-state index contributed by atoms with van der Waals surface area (Å²) in [6, 6.07) is 19.2. The van der Waals surface area contributed by atoms with Crippen molar-refractivity contribution in [2.75, 3.05) is 74.5 Å². The van der Waals surface area contributed by atoms with Gasteiger partial charge in [-0.2, -0.15) is 0 Å². The van der Waals surface area contributed by atoms with Crippen molar-refractivity contribution < 1.29 is 93.5 Å². The number of rotatable bonds is 26. The van der Waals surface area contributed by atoms with Gasteiger partial charge in [0.25, 0.3) is 0 Å². The van der Waals surface area contributed by atoms with E-state index >= 15 is 0 Å². The zero-order valence-corrected chi connectivity index (χ0v) is 59.0. The van der Waals surface area contributed by atoms with Gasteiger partial charge >= 0.3 is 0 Å². The first-order valence-corrected chi connectivity index (χ1v) is 37.2. The quantitative estimate of drug-likeness (QED) is 0.0524. The van der Waals surface area contributed by atoms with Crippen LogP contribution in [0.4, 0.5) is 0 Å². The van der Waals surface area contributed by atoms with Crippen LogP contribution in [0.5, 0.6) is 23.0 Å². The fourth-order valence-electron chi connectivity index (χ4n) is 7.88. The number of nitrogens with one attached hydrogen (secondary N) is 2. The molecule has 2 amide bonds. The number of hydrogen-bond acceptors (Lipinski definition) is 20. The van der Waals surface area contributed by atoms with Gasteiger partial charge in [0, 0.05) is 62.1 Å². The van der Waals surface area contributed by atoms with Gasteiger partial charge in [-0.05, 0) is 125 Å². The topological polar surface area (TPSA) is 419 Å². The van der Waals surface area contributed by atoms with Crippen molar-refractivity contribution in [3.8, 4) is 23.0 Å². The van der Waals surface area contributed by atoms with Gasteiger partial charge in [-0.15, -0.1) is 0 Å². The Kier molecular flexibility index (Phi) is 39.2. The van der Waals surface area contributed by atoms with Gasteiger partial charge in [0.05, 0.1) is 62.0 Å². The average molecular weight is 1350 g/mol. The van der Waals surface area contributed by atoms with Crippen molar-refractivity contribution in [1.82, 2.24) is 10.6 Å². The normalized spacial score (nSPS) is 13.2. The van der Waals surface area contributed by atoms with Crippen LogP contribution in [-0.4, -0.2) is 144 Å². The first-order valence-electron chi connectivity index (χ1n) is 29.0. The lowest BCUT2D eigenvalue weighted by molar-refractivity contribution is -0.419. The number of carboxylic acids is 2. The summed E-state index contributed by atoms with van der Waals surface area (Å²) >= 11 is 0. The van der Waals surface area contributed by atoms with E-state index in [-0.39, 0.29) is 58.7 Å². The van der Waals surface area contributed by atoms with Crippen LogP contribution >= 0.6 is 0 Å². The number of hydrogen-bond donors (Lipinski definition) is 6. The molecule has 12 N–H and O–H groups in total. The molecule has 24 nitrogen and oxygen atoms in total. The van der Waals surface area contributed by atoms with Crippen molar-refractivity contribution in [3.63, 3.8) is 0 Å². The second-order valence-corrected chi connectivity index (χ2v) is 31.0. The third kappa shape index (κ3) is 38.3. The SMILES string of the molecule is CC(=O)N[C@H](C(=O)[O-])C(C)C.CC(=O)N[C@H](C(=O)[O-])C(C)C.CCOc1cc(C(N)CS(C)(=O)=O)ccc1C.CCOc1cc([C@H](N)CS(C)(=O)=O)ccc1C.CCOc1cc([C@H]([NH3+])CS(C)(=O)=O)ccc1C.CCOc1cc([C@H]([NH3+])CS(C)(=O)=O)ccc1C. The highest BCUT2D eigenvalue weighted by Gasteiger charge is 2.21. The van der Waals surface area contributed by atoms with E-state index in [0.717, 1.165) is 67.5 Å². The number of aliphatic carboxylic acids is 2. The molecule has 0 bridgehead atoms. The van der Waals surface area contributed by atoms with Crippen LogP contribution in [-0.2, 0) is 58.5 Å². The molecule has 0 aromatic heterocycles. The van der Waals surface area contributed by atoms with Crippen LogP contribution in [0.3, 0.4) is 0 Å². The first kappa shape index (κ1) is 85.7. The average Bonchev–Trinajstić information content (AvgIpc) is 1.06. The highest BCUT2D eigenvalue weighted by molar-refractivity contribution is 7.91. The van der Waals surface area contributed by atoms with Crippen LogP contribution in [0, 0.1) is 39.5 Å². The van der Waals surface area contributed by atoms with Crippen molar-refractivity contribution in [1.29, 1.82) is 0 Å². The monoisotopic (exact) mass is 1350 g/mol. The minimum Gasteiger partial charge on any atom is -0.548 e. The molecule has 4 aromatic rings. The molecular weight excluding hydrogens is 1240 g/mol. The van der Waals surface area contributed by atoms with Crippen molar-refractivity contribution in [2.24, 2.45) is 23.3 Å². The van der Waals surface area contributed by atoms with E-state index in [1.165, 1.54) is 38.9 Å². The second-order valence-electron chi connectivity index (χ2n) is 22.3. The van der Waals surface area contributed by atoms with Crippen LogP contribution in [0.15, 0.2) is 72.8 Å². The number of carbonyl (C=O) groups excluding carboxylic acids is 4. The van der Waals surface area contributed by atoms with Gasteiger partial charge in [-0.1, -0.05) is 76.2 Å². The predicted molar refractivity (Wildman–Crippen MR) is 348 cm³/mol. The van der Waals surface area contributed by atoms with Crippen LogP contribution in [0.25, 0.3) is 0 Å². The fraction of sp³-hybridized carbons (Fsp3) is 0.548. The van der Waals surface area contributed by atoms with Gasteiger partial charge in [0.15, 0.2) is 19.7 Å². The van der Waals surface area contributed by atoms with E-state index in [1.807, 2.05) is 128 Å². The largest absolute Gasteiger partial charge is 0.548 e. The molecule has 4 aromatic carbocycles. The molecule has 0 aliphatic rings. The number of carbonyl (C=O) groups is 4. The van der Waals surface area contributed by atoms with Gasteiger partial charge in [0.2, 0.25) is 11.8 Å². The number of quaternary nitrogens is 2. The molecule has 512 valence electrons. The molecule has 0 heterocycles. The van der Waals surface area contributed by atoms with Gasteiger partial charge in [-0.25, -0.2) is 33.7 Å². The maximum absolute atomic E-state index is 11.2. The maximum atomic E-state index is 11.2. The molecular formula is C62H102N6O18S4. The fourth-order valence-corrected chi connectivity index (χ4v) is 11.4. The Bertz CT molecular complexity index is 2960. The molecule has 0 aliphatic heterocycles. The van der Waals surface area contributed by atoms with E-state index < -0.39 is 75.5 Å². The summed E-state index contributed by atoms with van der Waals surface area (Å²) in [5.41, 5.74) is 27.0. The van der Waals surface area contributed by atoms with Gasteiger partial charge in [-0.3, -0.25) is 9.59 Å². The Hall–Kier alpha value is -6.40. The summed E-state index contributed by atoms with van der Waals surface area (Å²) in [4.78, 5) is 41.6. The Morgan fingerprint density at radius 1 is 0.433 bits per heavy atom. The van der Waals surface area contributed by atoms with E-state index in [0.29, 0.717) is 26.4 Å². The molecule has 6 atom stereocenters. The molecule has 1 unspecified atom stereocenters. The molecule has 4 rings (SSSR count). The van der Waals surface area contributed by atoms with E-state index in [4.69, 9.17) is 30.4 Å². The summed E-state index contributed by atoms with van der Waals surface area (Å²) in [5.74, 6) is -0.367. The predicted octanol–water partition coefficient (Wildman–Crippen LogP) is 2.11. The van der Waals surface area contributed by atoms with Gasteiger partial charge < -0.3 is 72.3 Å². The zero-order valence-electron chi connectivity index (χ0n) is 55.8. The summed E-state index contributed by atoms with van der Waals surface area (Å²) in [6.07, 6.45) is 4.82. The Morgan fingerprint density at radius 2 is 0.644 bits per heavy atom. The van der Waals surface area contributed by atoms with Crippen molar-refractivity contribution >= 4 is 63.1 Å². The van der Waals surface area contributed by atoms with E-state index in [9.17, 15) is 63.1 Å². The lowest BCUT2D eigenvalue weighted by Gasteiger charge is -2.22. The van der Waals surface area contributed by atoms with Crippen LogP contribution < -0.4 is 62.7 Å². The minimum absolute atomic E-state index is 0.0539. The molecule has 28 heteroatoms. The van der Waals surface area contributed by atoms with Gasteiger partial charge in [0.1, 0.15) is 66.3 Å². The first-order chi connectivity index (χ1) is 41.2. The molecule has 0 spiro atoms. The number of nitrogens with two attached hydrogens (primary N) is 2. The lowest BCUT2D eigenvalue weighted by atomic mass is 10.1. The number of aryl methyl sites for hydroxylation is 4. The maximum Gasteiger partial charge on any atom is 0.217 e. The number of ether oxygens (including phenoxy) is 4. The highest BCUT2D eigenvalue weighted by Crippen LogP contribution is 2.26. The van der Waals surface area contributed by atoms with E-state index in [1.54, 1.807) is 27.7 Å². The van der Waals surface area contributed by atoms with Crippen LogP contribution in [0.1, 0.15) is 138 Å². The number of sulfone groups is 4. The standard InChI is InChI=1S/4C12H19NO3S.2C7H13NO3/c4*1-4-16-12-7-10(6-5-9(12)2)11(13)8-17(3,14)15;2*1-4(2)6(7(10)11)8-5(3)9/h4*5-7,11H,4,8,13H2,1-3H3;2*4,6H,1-3H3,(H,8,9)(H,10,11)/t3*11-;;2*6-/m111.00/s1. The number of benzene rings is 4. The molecule has 0 aliphatic carbocycles. The zero-order chi connectivity index (χ0) is 70.2. The number of amides is 2. The third-order valence-corrected chi connectivity index (χ3v) is 16.3. The molecule has 90 heavy (non-hydrogen) atoms. The molecule has 0 fully saturated rings. The molecule has 0 saturated carbocycles.